The zero-order valence-corrected chi connectivity index (χ0v) is 13.7. The number of anilines is 2. The lowest BCUT2D eigenvalue weighted by Crippen LogP contribution is -2.51. The molecule has 0 saturated heterocycles. The van der Waals surface area contributed by atoms with Crippen molar-refractivity contribution in [3.63, 3.8) is 0 Å². The molecule has 0 fully saturated rings. The first-order valence-corrected chi connectivity index (χ1v) is 8.01. The minimum absolute atomic E-state index is 0.0726. The number of hydrogen-bond donors (Lipinski definition) is 3. The summed E-state index contributed by atoms with van der Waals surface area (Å²) in [4.78, 5) is 27.0. The molecule has 6 heteroatoms. The van der Waals surface area contributed by atoms with Gasteiger partial charge in [0.25, 0.3) is 0 Å². The Bertz CT molecular complexity index is 644. The van der Waals surface area contributed by atoms with Gasteiger partial charge in [0, 0.05) is 24.0 Å². The Morgan fingerprint density at radius 3 is 2.70 bits per heavy atom. The summed E-state index contributed by atoms with van der Waals surface area (Å²) in [6.07, 6.45) is 0.400. The second-order valence-corrected chi connectivity index (χ2v) is 6.70. The van der Waals surface area contributed by atoms with Gasteiger partial charge in [0.15, 0.2) is 0 Å². The Morgan fingerprint density at radius 1 is 1.30 bits per heavy atom. The van der Waals surface area contributed by atoms with Crippen molar-refractivity contribution in [2.45, 2.75) is 38.3 Å². The van der Waals surface area contributed by atoms with Gasteiger partial charge >= 0.3 is 0 Å². The van der Waals surface area contributed by atoms with Crippen LogP contribution in [0.25, 0.3) is 0 Å². The number of carbonyl (C=O) groups is 2. The van der Waals surface area contributed by atoms with E-state index in [0.717, 1.165) is 16.9 Å². The maximum atomic E-state index is 12.7. The molecule has 0 saturated carbocycles. The molecule has 23 heavy (non-hydrogen) atoms. The van der Waals surface area contributed by atoms with Gasteiger partial charge in [0.1, 0.15) is 6.04 Å². The number of carbonyl (C=O) groups excluding carboxylic acids is 2. The van der Waals surface area contributed by atoms with E-state index >= 15 is 0 Å². The average Bonchev–Trinajstić information content (AvgIpc) is 2.82. The van der Waals surface area contributed by atoms with Crippen LogP contribution in [0.4, 0.5) is 11.4 Å². The van der Waals surface area contributed by atoms with Crippen LogP contribution < -0.4 is 15.5 Å². The molecule has 2 amide bonds. The largest absolute Gasteiger partial charge is 0.394 e. The molecule has 3 unspecified atom stereocenters. The molecule has 3 rings (SSSR count). The average molecular weight is 317 g/mol. The zero-order valence-electron chi connectivity index (χ0n) is 13.7. The lowest BCUT2D eigenvalue weighted by molar-refractivity contribution is -0.124. The van der Waals surface area contributed by atoms with E-state index < -0.39 is 6.04 Å². The van der Waals surface area contributed by atoms with Gasteiger partial charge in [-0.3, -0.25) is 9.59 Å². The van der Waals surface area contributed by atoms with E-state index in [1.807, 2.05) is 44.0 Å². The first-order valence-electron chi connectivity index (χ1n) is 8.01. The van der Waals surface area contributed by atoms with Crippen LogP contribution in [0, 0.1) is 5.92 Å². The molecule has 2 heterocycles. The fraction of sp³-hybridized carbons (Fsp3) is 0.529. The Kier molecular flexibility index (Phi) is 4.02. The molecule has 2 aliphatic rings. The van der Waals surface area contributed by atoms with Gasteiger partial charge in [0.2, 0.25) is 11.8 Å². The van der Waals surface area contributed by atoms with Crippen molar-refractivity contribution in [3.8, 4) is 0 Å². The molecular formula is C17H23N3O3. The highest BCUT2D eigenvalue weighted by molar-refractivity contribution is 6.05. The molecule has 0 aliphatic carbocycles. The standard InChI is InChI=1S/C17H23N3O3/c1-9(2)15-17(23)18-10(8-21)7-11-14-12(19-16(11)22)5-4-6-13(14)20(15)3/h4-6,9-11,15,21H,7-8H2,1-3H3,(H,18,23)(H,19,22). The van der Waals surface area contributed by atoms with Crippen LogP contribution in [0.3, 0.4) is 0 Å². The number of benzene rings is 1. The highest BCUT2D eigenvalue weighted by Gasteiger charge is 2.40. The number of amides is 2. The van der Waals surface area contributed by atoms with E-state index in [2.05, 4.69) is 10.6 Å². The summed E-state index contributed by atoms with van der Waals surface area (Å²) in [5, 5.41) is 15.4. The van der Waals surface area contributed by atoms with E-state index in [1.165, 1.54) is 0 Å². The number of aliphatic hydroxyl groups is 1. The van der Waals surface area contributed by atoms with Crippen LogP contribution in [0.1, 0.15) is 31.7 Å². The summed E-state index contributed by atoms with van der Waals surface area (Å²) in [6.45, 7) is 3.81. The molecule has 6 nitrogen and oxygen atoms in total. The number of rotatable bonds is 2. The zero-order chi connectivity index (χ0) is 16.7. The van der Waals surface area contributed by atoms with Gasteiger partial charge in [-0.15, -0.1) is 0 Å². The van der Waals surface area contributed by atoms with E-state index in [1.54, 1.807) is 0 Å². The van der Waals surface area contributed by atoms with Crippen molar-refractivity contribution in [1.82, 2.24) is 5.32 Å². The molecule has 3 N–H and O–H groups in total. The first kappa shape index (κ1) is 15.8. The number of nitrogens with zero attached hydrogens (tertiary/aromatic N) is 1. The van der Waals surface area contributed by atoms with Crippen LogP contribution in [0.5, 0.6) is 0 Å². The van der Waals surface area contributed by atoms with E-state index in [-0.39, 0.29) is 36.3 Å². The number of aliphatic hydroxyl groups excluding tert-OH is 1. The maximum Gasteiger partial charge on any atom is 0.243 e. The number of nitrogens with one attached hydrogen (secondary N) is 2. The van der Waals surface area contributed by atoms with Crippen molar-refractivity contribution >= 4 is 23.2 Å². The minimum atomic E-state index is -0.426. The predicted octanol–water partition coefficient (Wildman–Crippen LogP) is 1.06. The fourth-order valence-corrected chi connectivity index (χ4v) is 3.74. The monoisotopic (exact) mass is 317 g/mol. The quantitative estimate of drug-likeness (QED) is 0.762. The second kappa shape index (κ2) is 5.85. The maximum absolute atomic E-state index is 12.7. The molecule has 124 valence electrons. The molecule has 0 bridgehead atoms. The SMILES string of the molecule is CC(C)C1C(=O)NC(CO)CC2C(=O)Nc3cccc(c32)N1C. The summed E-state index contributed by atoms with van der Waals surface area (Å²) in [5.74, 6) is -0.445. The van der Waals surface area contributed by atoms with Gasteiger partial charge in [-0.05, 0) is 24.5 Å². The van der Waals surface area contributed by atoms with Crippen LogP contribution >= 0.6 is 0 Å². The van der Waals surface area contributed by atoms with Crippen molar-refractivity contribution in [2.24, 2.45) is 5.92 Å². The number of likely N-dealkylation sites (N-methyl/N-ethyl adjacent to an activating group) is 1. The topological polar surface area (TPSA) is 81.7 Å². The van der Waals surface area contributed by atoms with Crippen LogP contribution in [-0.4, -0.2) is 42.7 Å². The third kappa shape index (κ3) is 2.57. The van der Waals surface area contributed by atoms with Gasteiger partial charge in [-0.1, -0.05) is 19.9 Å². The highest BCUT2D eigenvalue weighted by atomic mass is 16.3. The fourth-order valence-electron chi connectivity index (χ4n) is 3.74. The second-order valence-electron chi connectivity index (χ2n) is 6.70. The van der Waals surface area contributed by atoms with Gasteiger partial charge in [0.05, 0.1) is 18.6 Å². The minimum Gasteiger partial charge on any atom is -0.394 e. The van der Waals surface area contributed by atoms with Crippen LogP contribution in [-0.2, 0) is 9.59 Å². The Labute approximate surface area is 135 Å². The Morgan fingerprint density at radius 2 is 2.04 bits per heavy atom. The third-order valence-electron chi connectivity index (χ3n) is 4.79. The first-order chi connectivity index (χ1) is 10.9. The highest BCUT2D eigenvalue weighted by Crippen LogP contribution is 2.43. The molecule has 3 atom stereocenters. The van der Waals surface area contributed by atoms with Gasteiger partial charge in [-0.2, -0.15) is 0 Å². The Hall–Kier alpha value is -2.08. The predicted molar refractivity (Wildman–Crippen MR) is 88.5 cm³/mol. The molecular weight excluding hydrogens is 294 g/mol. The molecule has 1 aromatic rings. The van der Waals surface area contributed by atoms with Crippen molar-refractivity contribution < 1.29 is 14.7 Å². The third-order valence-corrected chi connectivity index (χ3v) is 4.79. The summed E-state index contributed by atoms with van der Waals surface area (Å²) in [5.41, 5.74) is 2.64. The molecule has 0 spiro atoms. The van der Waals surface area contributed by atoms with Crippen molar-refractivity contribution in [1.29, 1.82) is 0 Å². The van der Waals surface area contributed by atoms with Crippen molar-refractivity contribution in [3.05, 3.63) is 23.8 Å². The van der Waals surface area contributed by atoms with Crippen LogP contribution in [0.2, 0.25) is 0 Å². The summed E-state index contributed by atoms with van der Waals surface area (Å²) >= 11 is 0. The number of hydrogen-bond acceptors (Lipinski definition) is 4. The van der Waals surface area contributed by atoms with Crippen LogP contribution in [0.15, 0.2) is 18.2 Å². The van der Waals surface area contributed by atoms with Crippen molar-refractivity contribution in [2.75, 3.05) is 23.9 Å². The summed E-state index contributed by atoms with van der Waals surface area (Å²) in [6, 6.07) is 4.95. The normalized spacial score (nSPS) is 27.0. The van der Waals surface area contributed by atoms with Gasteiger partial charge in [-0.25, -0.2) is 0 Å². The van der Waals surface area contributed by atoms with E-state index in [0.29, 0.717) is 6.42 Å². The summed E-state index contributed by atoms with van der Waals surface area (Å²) < 4.78 is 0. The van der Waals surface area contributed by atoms with Gasteiger partial charge < -0.3 is 20.6 Å². The lowest BCUT2D eigenvalue weighted by atomic mass is 9.92. The lowest BCUT2D eigenvalue weighted by Gasteiger charge is -2.33. The Balaban J connectivity index is 2.15. The summed E-state index contributed by atoms with van der Waals surface area (Å²) in [7, 11) is 1.89. The van der Waals surface area contributed by atoms with E-state index in [4.69, 9.17) is 0 Å². The molecule has 0 radical (unpaired) electrons. The molecule has 1 aromatic carbocycles. The smallest absolute Gasteiger partial charge is 0.243 e. The molecule has 0 aromatic heterocycles. The van der Waals surface area contributed by atoms with E-state index in [9.17, 15) is 14.7 Å². The molecule has 2 aliphatic heterocycles.